The molecule has 2 N–H and O–H groups in total. The van der Waals surface area contributed by atoms with Crippen LogP contribution in [0.5, 0.6) is 0 Å². The Bertz CT molecular complexity index is 635. The predicted molar refractivity (Wildman–Crippen MR) is 86.9 cm³/mol. The van der Waals surface area contributed by atoms with Gasteiger partial charge in [-0.25, -0.2) is 0 Å². The van der Waals surface area contributed by atoms with E-state index in [2.05, 4.69) is 48.3 Å². The number of hydrogen-bond acceptors (Lipinski definition) is 3. The smallest absolute Gasteiger partial charge is 0.319 e. The van der Waals surface area contributed by atoms with Crippen molar-refractivity contribution in [1.29, 1.82) is 0 Å². The first-order chi connectivity index (χ1) is 10.8. The fourth-order valence-corrected chi connectivity index (χ4v) is 3.25. The van der Waals surface area contributed by atoms with E-state index >= 15 is 0 Å². The van der Waals surface area contributed by atoms with Crippen LogP contribution in [-0.2, 0) is 22.6 Å². The van der Waals surface area contributed by atoms with E-state index in [1.165, 1.54) is 11.1 Å². The fraction of sp³-hybridized carbons (Fsp3) is 0.556. The van der Waals surface area contributed by atoms with Gasteiger partial charge >= 0.3 is 5.97 Å². The van der Waals surface area contributed by atoms with E-state index in [-0.39, 0.29) is 11.4 Å². The van der Waals surface area contributed by atoms with E-state index in [1.807, 2.05) is 0 Å². The summed E-state index contributed by atoms with van der Waals surface area (Å²) >= 11 is 0. The number of aliphatic carboxylic acids is 1. The highest BCUT2D eigenvalue weighted by molar-refractivity contribution is 6.04. The van der Waals surface area contributed by atoms with Gasteiger partial charge in [0.2, 0.25) is 5.91 Å². The van der Waals surface area contributed by atoms with Crippen LogP contribution in [0.2, 0.25) is 0 Å². The molecule has 0 unspecified atom stereocenters. The van der Waals surface area contributed by atoms with Gasteiger partial charge in [-0.2, -0.15) is 0 Å². The predicted octanol–water partition coefficient (Wildman–Crippen LogP) is 1.80. The van der Waals surface area contributed by atoms with Gasteiger partial charge in [-0.15, -0.1) is 0 Å². The SMILES string of the molecule is CC(C)(CNC(=O)C1(C(=O)O)CC1)N1CCc2ccccc2C1. The molecule has 1 amide bonds. The maximum Gasteiger partial charge on any atom is 0.319 e. The van der Waals surface area contributed by atoms with E-state index in [0.29, 0.717) is 19.4 Å². The van der Waals surface area contributed by atoms with Crippen molar-refractivity contribution in [2.45, 2.75) is 45.2 Å². The largest absolute Gasteiger partial charge is 0.480 e. The lowest BCUT2D eigenvalue weighted by atomic mass is 9.93. The Morgan fingerprint density at radius 3 is 2.52 bits per heavy atom. The second kappa shape index (κ2) is 5.64. The third kappa shape index (κ3) is 2.98. The summed E-state index contributed by atoms with van der Waals surface area (Å²) in [5.41, 5.74) is 1.36. The van der Waals surface area contributed by atoms with Crippen LogP contribution in [0.3, 0.4) is 0 Å². The minimum Gasteiger partial charge on any atom is -0.480 e. The summed E-state index contributed by atoms with van der Waals surface area (Å²) < 4.78 is 0. The molecular weight excluding hydrogens is 292 g/mol. The maximum atomic E-state index is 12.2. The maximum absolute atomic E-state index is 12.2. The molecule has 1 aromatic rings. The van der Waals surface area contributed by atoms with Crippen molar-refractivity contribution in [1.82, 2.24) is 10.2 Å². The lowest BCUT2D eigenvalue weighted by Crippen LogP contribution is -2.54. The van der Waals surface area contributed by atoms with Gasteiger partial charge in [0.15, 0.2) is 0 Å². The van der Waals surface area contributed by atoms with Gasteiger partial charge in [-0.05, 0) is 44.2 Å². The molecule has 1 aromatic carbocycles. The number of carbonyl (C=O) groups is 2. The van der Waals surface area contributed by atoms with E-state index in [4.69, 9.17) is 0 Å². The molecule has 1 aliphatic heterocycles. The average molecular weight is 316 g/mol. The summed E-state index contributed by atoms with van der Waals surface area (Å²) in [5.74, 6) is -1.34. The second-order valence-electron chi connectivity index (χ2n) is 7.32. The molecule has 1 heterocycles. The van der Waals surface area contributed by atoms with E-state index in [9.17, 15) is 14.7 Å². The number of carboxylic acids is 1. The minimum absolute atomic E-state index is 0.211. The Balaban J connectivity index is 1.62. The molecule has 124 valence electrons. The Hall–Kier alpha value is -1.88. The van der Waals surface area contributed by atoms with Gasteiger partial charge in [0, 0.05) is 25.2 Å². The second-order valence-corrected chi connectivity index (χ2v) is 7.32. The van der Waals surface area contributed by atoms with Crippen molar-refractivity contribution in [3.8, 4) is 0 Å². The third-order valence-corrected chi connectivity index (χ3v) is 5.26. The normalized spacial score (nSPS) is 19.7. The van der Waals surface area contributed by atoms with Crippen molar-refractivity contribution in [2.24, 2.45) is 5.41 Å². The van der Waals surface area contributed by atoms with E-state index < -0.39 is 11.4 Å². The summed E-state index contributed by atoms with van der Waals surface area (Å²) in [5, 5.41) is 12.1. The number of carbonyl (C=O) groups excluding carboxylic acids is 1. The molecule has 0 spiro atoms. The van der Waals surface area contributed by atoms with Crippen LogP contribution in [0.15, 0.2) is 24.3 Å². The molecule has 0 atom stereocenters. The number of amides is 1. The van der Waals surface area contributed by atoms with Crippen molar-refractivity contribution >= 4 is 11.9 Å². The lowest BCUT2D eigenvalue weighted by Gasteiger charge is -2.41. The van der Waals surface area contributed by atoms with Gasteiger partial charge in [0.1, 0.15) is 5.41 Å². The highest BCUT2D eigenvalue weighted by Crippen LogP contribution is 2.46. The molecule has 1 saturated carbocycles. The molecule has 23 heavy (non-hydrogen) atoms. The molecule has 0 aromatic heterocycles. The van der Waals surface area contributed by atoms with Crippen LogP contribution >= 0.6 is 0 Å². The Morgan fingerprint density at radius 1 is 1.26 bits per heavy atom. The summed E-state index contributed by atoms with van der Waals surface area (Å²) in [6.45, 7) is 6.47. The quantitative estimate of drug-likeness (QED) is 0.813. The van der Waals surface area contributed by atoms with E-state index in [0.717, 1.165) is 19.5 Å². The van der Waals surface area contributed by atoms with Crippen LogP contribution in [0.1, 0.15) is 37.8 Å². The van der Waals surface area contributed by atoms with Gasteiger partial charge in [0.05, 0.1) is 0 Å². The zero-order valence-corrected chi connectivity index (χ0v) is 13.8. The Morgan fingerprint density at radius 2 is 1.91 bits per heavy atom. The van der Waals surface area contributed by atoms with Crippen LogP contribution in [0.4, 0.5) is 0 Å². The average Bonchev–Trinajstić information content (AvgIpc) is 3.34. The van der Waals surface area contributed by atoms with Gasteiger partial charge < -0.3 is 10.4 Å². The molecule has 0 radical (unpaired) electrons. The van der Waals surface area contributed by atoms with Crippen molar-refractivity contribution < 1.29 is 14.7 Å². The summed E-state index contributed by atoms with van der Waals surface area (Å²) in [6.07, 6.45) is 1.91. The standard InChI is InChI=1S/C18H24N2O3/c1-17(2,12-19-15(21)18(8-9-18)16(22)23)20-10-7-13-5-3-4-6-14(13)11-20/h3-6H,7-12H2,1-2H3,(H,19,21)(H,22,23). The summed E-state index contributed by atoms with van der Waals surface area (Å²) in [4.78, 5) is 25.8. The van der Waals surface area contributed by atoms with Gasteiger partial charge in [0.25, 0.3) is 0 Å². The highest BCUT2D eigenvalue weighted by atomic mass is 16.4. The molecule has 0 bridgehead atoms. The molecule has 1 aliphatic carbocycles. The monoisotopic (exact) mass is 316 g/mol. The first-order valence-electron chi connectivity index (χ1n) is 8.19. The first-order valence-corrected chi connectivity index (χ1v) is 8.19. The topological polar surface area (TPSA) is 69.6 Å². The van der Waals surface area contributed by atoms with Crippen molar-refractivity contribution in [3.63, 3.8) is 0 Å². The zero-order chi connectivity index (χ0) is 16.7. The third-order valence-electron chi connectivity index (χ3n) is 5.26. The zero-order valence-electron chi connectivity index (χ0n) is 13.8. The minimum atomic E-state index is -1.16. The van der Waals surface area contributed by atoms with Crippen LogP contribution in [-0.4, -0.2) is 40.5 Å². The van der Waals surface area contributed by atoms with Gasteiger partial charge in [-0.1, -0.05) is 24.3 Å². The molecule has 2 aliphatic rings. The van der Waals surface area contributed by atoms with Crippen LogP contribution < -0.4 is 5.32 Å². The number of nitrogens with one attached hydrogen (secondary N) is 1. The first kappa shape index (κ1) is 16.0. The van der Waals surface area contributed by atoms with Crippen molar-refractivity contribution in [3.05, 3.63) is 35.4 Å². The molecule has 0 saturated heterocycles. The molecule has 3 rings (SSSR count). The molecule has 5 nitrogen and oxygen atoms in total. The number of carboxylic acid groups (broad SMARTS) is 1. The molecule has 5 heteroatoms. The number of hydrogen-bond donors (Lipinski definition) is 2. The van der Waals surface area contributed by atoms with E-state index in [1.54, 1.807) is 0 Å². The number of benzene rings is 1. The van der Waals surface area contributed by atoms with Crippen LogP contribution in [0, 0.1) is 5.41 Å². The highest BCUT2D eigenvalue weighted by Gasteiger charge is 2.57. The van der Waals surface area contributed by atoms with Crippen molar-refractivity contribution in [2.75, 3.05) is 13.1 Å². The van der Waals surface area contributed by atoms with Gasteiger partial charge in [-0.3, -0.25) is 14.5 Å². The molecular formula is C18H24N2O3. The summed E-state index contributed by atoms with van der Waals surface area (Å²) in [6, 6.07) is 8.45. The fourth-order valence-electron chi connectivity index (χ4n) is 3.25. The Kier molecular flexibility index (Phi) is 3.92. The number of rotatable bonds is 5. The molecule has 1 fully saturated rings. The summed E-state index contributed by atoms with van der Waals surface area (Å²) in [7, 11) is 0. The number of nitrogens with zero attached hydrogens (tertiary/aromatic N) is 1. The Labute approximate surface area is 136 Å². The van der Waals surface area contributed by atoms with Crippen LogP contribution in [0.25, 0.3) is 0 Å². The lowest BCUT2D eigenvalue weighted by molar-refractivity contribution is -0.149. The number of fused-ring (bicyclic) bond motifs is 1.